The summed E-state index contributed by atoms with van der Waals surface area (Å²) < 4.78 is 38.2. The fraction of sp³-hybridized carbons (Fsp3) is 0.286. The van der Waals surface area contributed by atoms with Gasteiger partial charge < -0.3 is 10.4 Å². The number of alkyl halides is 3. The first-order valence-corrected chi connectivity index (χ1v) is 7.86. The molecule has 0 atom stereocenters. The van der Waals surface area contributed by atoms with Crippen LogP contribution in [0.4, 0.5) is 18.9 Å². The molecule has 0 saturated heterocycles. The number of aromatic nitrogens is 3. The van der Waals surface area contributed by atoms with Crippen molar-refractivity contribution >= 4 is 29.3 Å². The number of amides is 1. The molecule has 2 rings (SSSR count). The average molecular weight is 374 g/mol. The van der Waals surface area contributed by atoms with E-state index in [-0.39, 0.29) is 22.8 Å². The fourth-order valence-electron chi connectivity index (χ4n) is 1.84. The van der Waals surface area contributed by atoms with Crippen LogP contribution in [0.3, 0.4) is 0 Å². The summed E-state index contributed by atoms with van der Waals surface area (Å²) in [6.07, 6.45) is -3.25. The van der Waals surface area contributed by atoms with E-state index in [1.807, 2.05) is 0 Å². The van der Waals surface area contributed by atoms with Gasteiger partial charge in [-0.2, -0.15) is 13.2 Å². The molecule has 0 aliphatic rings. The van der Waals surface area contributed by atoms with Crippen LogP contribution in [0.25, 0.3) is 0 Å². The zero-order valence-electron chi connectivity index (χ0n) is 12.9. The van der Waals surface area contributed by atoms with E-state index in [1.165, 1.54) is 6.07 Å². The number of carbonyl (C=O) groups is 2. The summed E-state index contributed by atoms with van der Waals surface area (Å²) in [6, 6.07) is 4.70. The van der Waals surface area contributed by atoms with Gasteiger partial charge in [-0.3, -0.25) is 4.79 Å². The van der Waals surface area contributed by atoms with Crippen molar-refractivity contribution in [3.8, 4) is 0 Å². The van der Waals surface area contributed by atoms with Crippen LogP contribution in [0, 0.1) is 6.92 Å². The minimum atomic E-state index is -4.33. The van der Waals surface area contributed by atoms with Crippen LogP contribution >= 0.6 is 11.8 Å². The highest BCUT2D eigenvalue weighted by molar-refractivity contribution is 7.99. The first kappa shape index (κ1) is 18.8. The van der Waals surface area contributed by atoms with Crippen molar-refractivity contribution in [1.29, 1.82) is 0 Å². The number of hydrogen-bond donors (Lipinski definition) is 2. The van der Waals surface area contributed by atoms with Gasteiger partial charge in [0.15, 0.2) is 5.69 Å². The average Bonchev–Trinajstić information content (AvgIpc) is 2.94. The van der Waals surface area contributed by atoms with Crippen LogP contribution in [-0.2, 0) is 11.3 Å². The zero-order valence-corrected chi connectivity index (χ0v) is 13.7. The molecule has 0 saturated carbocycles. The molecule has 0 bridgehead atoms. The van der Waals surface area contributed by atoms with Gasteiger partial charge >= 0.3 is 12.1 Å². The van der Waals surface area contributed by atoms with E-state index in [9.17, 15) is 22.8 Å². The minimum Gasteiger partial charge on any atom is -0.476 e. The lowest BCUT2D eigenvalue weighted by molar-refractivity contribution is -0.117. The molecule has 2 aromatic rings. The zero-order chi connectivity index (χ0) is 18.6. The predicted octanol–water partition coefficient (Wildman–Crippen LogP) is 2.58. The van der Waals surface area contributed by atoms with E-state index in [4.69, 9.17) is 5.11 Å². The number of anilines is 1. The van der Waals surface area contributed by atoms with Gasteiger partial charge in [-0.1, -0.05) is 11.3 Å². The molecule has 1 aromatic heterocycles. The molecule has 1 aromatic carbocycles. The van der Waals surface area contributed by atoms with Gasteiger partial charge in [0.2, 0.25) is 5.91 Å². The SMILES string of the molecule is Cc1ccc(SCC(F)(F)F)c(NC(=O)Cn2cc(C(=O)O)nn2)c1. The smallest absolute Gasteiger partial charge is 0.398 e. The monoisotopic (exact) mass is 374 g/mol. The highest BCUT2D eigenvalue weighted by atomic mass is 32.2. The Bertz CT molecular complexity index is 792. The molecule has 0 aliphatic heterocycles. The number of hydrogen-bond acceptors (Lipinski definition) is 5. The summed E-state index contributed by atoms with van der Waals surface area (Å²) in [4.78, 5) is 23.0. The largest absolute Gasteiger partial charge is 0.476 e. The standard InChI is InChI=1S/C14H13F3N4O3S/c1-8-2-3-11(25-7-14(15,16)17)9(4-8)18-12(22)6-21-5-10(13(23)24)19-20-21/h2-5H,6-7H2,1H3,(H,18,22)(H,23,24). The summed E-state index contributed by atoms with van der Waals surface area (Å²) in [5, 5.41) is 18.1. The van der Waals surface area contributed by atoms with Crippen molar-refractivity contribution in [1.82, 2.24) is 15.0 Å². The summed E-state index contributed by atoms with van der Waals surface area (Å²) >= 11 is 0.567. The van der Waals surface area contributed by atoms with Gasteiger partial charge in [-0.15, -0.1) is 16.9 Å². The second kappa shape index (κ2) is 7.55. The molecular formula is C14H13F3N4O3S. The Morgan fingerprint density at radius 2 is 2.08 bits per heavy atom. The Balaban J connectivity index is 2.08. The molecule has 134 valence electrons. The minimum absolute atomic E-state index is 0.248. The number of benzene rings is 1. The van der Waals surface area contributed by atoms with Gasteiger partial charge in [-0.05, 0) is 24.6 Å². The van der Waals surface area contributed by atoms with Crippen LogP contribution < -0.4 is 5.32 Å². The van der Waals surface area contributed by atoms with Crippen molar-refractivity contribution in [2.75, 3.05) is 11.1 Å². The lowest BCUT2D eigenvalue weighted by Crippen LogP contribution is -2.20. The summed E-state index contributed by atoms with van der Waals surface area (Å²) in [5.74, 6) is -2.93. The van der Waals surface area contributed by atoms with Crippen molar-refractivity contribution < 1.29 is 27.9 Å². The fourth-order valence-corrected chi connectivity index (χ4v) is 2.59. The summed E-state index contributed by atoms with van der Waals surface area (Å²) in [7, 11) is 0. The Hall–Kier alpha value is -2.56. The first-order chi connectivity index (χ1) is 11.6. The van der Waals surface area contributed by atoms with Crippen molar-refractivity contribution in [2.24, 2.45) is 0 Å². The van der Waals surface area contributed by atoms with Crippen molar-refractivity contribution in [2.45, 2.75) is 24.5 Å². The van der Waals surface area contributed by atoms with Gasteiger partial charge in [0.05, 0.1) is 17.6 Å². The van der Waals surface area contributed by atoms with Gasteiger partial charge in [0, 0.05) is 4.90 Å². The topological polar surface area (TPSA) is 97.1 Å². The molecule has 25 heavy (non-hydrogen) atoms. The molecule has 1 heterocycles. The molecule has 0 unspecified atom stereocenters. The number of aryl methyl sites for hydroxylation is 1. The van der Waals surface area contributed by atoms with Gasteiger partial charge in [0.1, 0.15) is 6.54 Å². The number of carboxylic acid groups (broad SMARTS) is 1. The van der Waals surface area contributed by atoms with E-state index in [1.54, 1.807) is 19.1 Å². The Morgan fingerprint density at radius 3 is 2.68 bits per heavy atom. The van der Waals surface area contributed by atoms with Crippen LogP contribution in [0.15, 0.2) is 29.3 Å². The van der Waals surface area contributed by atoms with Crippen LogP contribution in [0.5, 0.6) is 0 Å². The molecule has 7 nitrogen and oxygen atoms in total. The summed E-state index contributed by atoms with van der Waals surface area (Å²) in [5.41, 5.74) is 0.697. The number of thioether (sulfide) groups is 1. The second-order valence-corrected chi connectivity index (χ2v) is 6.08. The lowest BCUT2D eigenvalue weighted by atomic mass is 10.2. The molecule has 1 amide bonds. The normalized spacial score (nSPS) is 11.4. The Morgan fingerprint density at radius 1 is 1.36 bits per heavy atom. The number of rotatable bonds is 6. The molecule has 0 aliphatic carbocycles. The number of nitrogens with zero attached hydrogens (tertiary/aromatic N) is 3. The Kier molecular flexibility index (Phi) is 5.67. The van der Waals surface area contributed by atoms with E-state index >= 15 is 0 Å². The third kappa shape index (κ3) is 5.78. The third-order valence-corrected chi connectivity index (χ3v) is 4.00. The molecule has 0 spiro atoms. The first-order valence-electron chi connectivity index (χ1n) is 6.87. The second-order valence-electron chi connectivity index (χ2n) is 5.06. The van der Waals surface area contributed by atoms with E-state index in [2.05, 4.69) is 15.6 Å². The number of aromatic carboxylic acids is 1. The van der Waals surface area contributed by atoms with Crippen LogP contribution in [-0.4, -0.2) is 43.9 Å². The van der Waals surface area contributed by atoms with E-state index < -0.39 is 23.8 Å². The molecule has 11 heteroatoms. The summed E-state index contributed by atoms with van der Waals surface area (Å²) in [6.45, 7) is 1.42. The quantitative estimate of drug-likeness (QED) is 0.755. The van der Waals surface area contributed by atoms with Crippen LogP contribution in [0.2, 0.25) is 0 Å². The maximum atomic E-state index is 12.4. The molecular weight excluding hydrogens is 361 g/mol. The van der Waals surface area contributed by atoms with Crippen LogP contribution in [0.1, 0.15) is 16.1 Å². The molecule has 2 N–H and O–H groups in total. The van der Waals surface area contributed by atoms with Crippen molar-refractivity contribution in [3.05, 3.63) is 35.7 Å². The number of carbonyl (C=O) groups excluding carboxylic acids is 1. The highest BCUT2D eigenvalue weighted by Gasteiger charge is 2.27. The van der Waals surface area contributed by atoms with Crippen molar-refractivity contribution in [3.63, 3.8) is 0 Å². The highest BCUT2D eigenvalue weighted by Crippen LogP contribution is 2.32. The maximum Gasteiger partial charge on any atom is 0.398 e. The molecule has 0 radical (unpaired) electrons. The van der Waals surface area contributed by atoms with Gasteiger partial charge in [-0.25, -0.2) is 9.48 Å². The lowest BCUT2D eigenvalue weighted by Gasteiger charge is -2.13. The third-order valence-electron chi connectivity index (χ3n) is 2.86. The number of nitrogens with one attached hydrogen (secondary N) is 1. The maximum absolute atomic E-state index is 12.4. The number of halogens is 3. The van der Waals surface area contributed by atoms with E-state index in [0.29, 0.717) is 11.8 Å². The number of carboxylic acids is 1. The van der Waals surface area contributed by atoms with Gasteiger partial charge in [0.25, 0.3) is 0 Å². The van der Waals surface area contributed by atoms with E-state index in [0.717, 1.165) is 16.4 Å². The molecule has 0 fully saturated rings. The predicted molar refractivity (Wildman–Crippen MR) is 83.6 cm³/mol. The Labute approximate surface area is 144 Å².